The van der Waals surface area contributed by atoms with Gasteiger partial charge in [0.1, 0.15) is 16.6 Å². The summed E-state index contributed by atoms with van der Waals surface area (Å²) in [6.07, 6.45) is 1.32. The van der Waals surface area contributed by atoms with Gasteiger partial charge in [0.15, 0.2) is 5.82 Å². The zero-order valence-corrected chi connectivity index (χ0v) is 19.8. The fraction of sp³-hybridized carbons (Fsp3) is 0.333. The van der Waals surface area contributed by atoms with Crippen LogP contribution in [0.4, 0.5) is 25.8 Å². The van der Waals surface area contributed by atoms with Crippen molar-refractivity contribution in [2.24, 2.45) is 5.73 Å². The molecular formula is C24H26ClF2N5O2. The van der Waals surface area contributed by atoms with Gasteiger partial charge in [-0.15, -0.1) is 0 Å². The van der Waals surface area contributed by atoms with E-state index in [0.29, 0.717) is 23.3 Å². The Morgan fingerprint density at radius 2 is 1.94 bits per heavy atom. The molecule has 4 rings (SSSR count). The molecule has 3 N–H and O–H groups in total. The Balaban J connectivity index is 1.87. The van der Waals surface area contributed by atoms with E-state index in [4.69, 9.17) is 22.1 Å². The largest absolute Gasteiger partial charge is 0.492 e. The summed E-state index contributed by atoms with van der Waals surface area (Å²) in [6.45, 7) is 8.90. The van der Waals surface area contributed by atoms with E-state index in [1.807, 2.05) is 13.0 Å². The van der Waals surface area contributed by atoms with Crippen LogP contribution in [-0.4, -0.2) is 55.1 Å². The standard InChI is InChI=1S/C24H26ClF2N5O2/c1-3-31-7-9-32(10-8-31)19-11-14-18(12-20(19)34-4-2)29-13-15(24(28)33)23(14)30-17-6-5-16(26)21(25)22(17)27/h5-6,11-13H,3-4,7-10H2,1-2H3,(H2,28,33)(H,29,30). The number of nitrogens with two attached hydrogens (primary N) is 1. The van der Waals surface area contributed by atoms with Crippen LogP contribution in [0.2, 0.25) is 5.02 Å². The number of amides is 1. The number of halogens is 3. The fourth-order valence-electron chi connectivity index (χ4n) is 4.11. The van der Waals surface area contributed by atoms with E-state index in [-0.39, 0.29) is 16.9 Å². The smallest absolute Gasteiger partial charge is 0.252 e. The predicted octanol–water partition coefficient (Wildman–Crippen LogP) is 4.55. The molecule has 0 aliphatic carbocycles. The molecule has 0 radical (unpaired) electrons. The van der Waals surface area contributed by atoms with Gasteiger partial charge in [0.05, 0.1) is 34.7 Å². The molecule has 1 aromatic heterocycles. The van der Waals surface area contributed by atoms with E-state index in [2.05, 4.69) is 27.0 Å². The topological polar surface area (TPSA) is 83.7 Å². The summed E-state index contributed by atoms with van der Waals surface area (Å²) in [7, 11) is 0. The molecule has 0 saturated carbocycles. The first-order valence-corrected chi connectivity index (χ1v) is 11.5. The molecule has 1 amide bonds. The van der Waals surface area contributed by atoms with Gasteiger partial charge in [0.25, 0.3) is 5.91 Å². The van der Waals surface area contributed by atoms with Gasteiger partial charge in [-0.1, -0.05) is 18.5 Å². The minimum absolute atomic E-state index is 0.0678. The Hall–Kier alpha value is -3.17. The molecule has 10 heteroatoms. The number of piperazine rings is 1. The number of nitrogens with one attached hydrogen (secondary N) is 1. The third kappa shape index (κ3) is 4.58. The summed E-state index contributed by atoms with van der Waals surface area (Å²) in [5, 5.41) is 2.80. The Labute approximate surface area is 201 Å². The normalized spacial score (nSPS) is 14.4. The number of ether oxygens (including phenoxy) is 1. The molecule has 1 fully saturated rings. The van der Waals surface area contributed by atoms with Crippen molar-refractivity contribution in [2.45, 2.75) is 13.8 Å². The van der Waals surface area contributed by atoms with E-state index in [0.717, 1.165) is 44.5 Å². The maximum absolute atomic E-state index is 14.7. The molecular weight excluding hydrogens is 464 g/mol. The van der Waals surface area contributed by atoms with Gasteiger partial charge in [-0.3, -0.25) is 9.78 Å². The van der Waals surface area contributed by atoms with Crippen LogP contribution in [0.25, 0.3) is 10.9 Å². The second-order valence-corrected chi connectivity index (χ2v) is 8.33. The minimum Gasteiger partial charge on any atom is -0.492 e. The van der Waals surface area contributed by atoms with Crippen molar-refractivity contribution < 1.29 is 18.3 Å². The lowest BCUT2D eigenvalue weighted by atomic mass is 10.1. The van der Waals surface area contributed by atoms with Crippen LogP contribution in [0.15, 0.2) is 30.5 Å². The number of anilines is 3. The Bertz CT molecular complexity index is 1230. The highest BCUT2D eigenvalue weighted by atomic mass is 35.5. The average molecular weight is 490 g/mol. The third-order valence-electron chi connectivity index (χ3n) is 5.97. The van der Waals surface area contributed by atoms with E-state index >= 15 is 0 Å². The van der Waals surface area contributed by atoms with Crippen LogP contribution in [0, 0.1) is 11.6 Å². The van der Waals surface area contributed by atoms with Gasteiger partial charge in [-0.25, -0.2) is 8.78 Å². The lowest BCUT2D eigenvalue weighted by molar-refractivity contribution is 0.100. The molecule has 0 atom stereocenters. The SMILES string of the molecule is CCOc1cc2ncc(C(N)=O)c(Nc3ccc(F)c(Cl)c3F)c2cc1N1CCN(CC)CC1. The lowest BCUT2D eigenvalue weighted by Gasteiger charge is -2.36. The summed E-state index contributed by atoms with van der Waals surface area (Å²) in [5.74, 6) is -1.92. The van der Waals surface area contributed by atoms with Gasteiger partial charge in [0, 0.05) is 43.8 Å². The molecule has 3 aromatic rings. The number of primary amides is 1. The number of rotatable bonds is 7. The monoisotopic (exact) mass is 489 g/mol. The van der Waals surface area contributed by atoms with Crippen molar-refractivity contribution in [3.63, 3.8) is 0 Å². The minimum atomic E-state index is -0.969. The Kier molecular flexibility index (Phi) is 7.04. The van der Waals surface area contributed by atoms with E-state index in [1.54, 1.807) is 6.07 Å². The maximum Gasteiger partial charge on any atom is 0.252 e. The molecule has 1 saturated heterocycles. The van der Waals surface area contributed by atoms with Crippen molar-refractivity contribution in [3.05, 3.63) is 52.7 Å². The van der Waals surface area contributed by atoms with E-state index in [1.165, 1.54) is 12.3 Å². The van der Waals surface area contributed by atoms with E-state index in [9.17, 15) is 13.6 Å². The molecule has 0 bridgehead atoms. The molecule has 1 aliphatic heterocycles. The number of carbonyl (C=O) groups excluding carboxylic acids is 1. The fourth-order valence-corrected chi connectivity index (χ4v) is 4.28. The first kappa shape index (κ1) is 24.0. The Morgan fingerprint density at radius 3 is 2.59 bits per heavy atom. The van der Waals surface area contributed by atoms with Crippen LogP contribution in [0.5, 0.6) is 5.75 Å². The molecule has 0 unspecified atom stereocenters. The number of hydrogen-bond acceptors (Lipinski definition) is 6. The summed E-state index contributed by atoms with van der Waals surface area (Å²) in [6, 6.07) is 5.93. The van der Waals surface area contributed by atoms with E-state index < -0.39 is 22.6 Å². The van der Waals surface area contributed by atoms with Gasteiger partial charge < -0.3 is 25.6 Å². The molecule has 1 aliphatic rings. The highest BCUT2D eigenvalue weighted by Gasteiger charge is 2.23. The zero-order valence-electron chi connectivity index (χ0n) is 19.0. The first-order valence-electron chi connectivity index (χ1n) is 11.1. The number of carbonyl (C=O) groups is 1. The molecule has 180 valence electrons. The number of fused-ring (bicyclic) bond motifs is 1. The van der Waals surface area contributed by atoms with Crippen LogP contribution in [-0.2, 0) is 0 Å². The molecule has 2 heterocycles. The van der Waals surface area contributed by atoms with Crippen molar-refractivity contribution >= 4 is 45.5 Å². The van der Waals surface area contributed by atoms with Gasteiger partial charge in [-0.2, -0.15) is 0 Å². The number of aromatic nitrogens is 1. The van der Waals surface area contributed by atoms with Crippen LogP contribution in [0.3, 0.4) is 0 Å². The highest BCUT2D eigenvalue weighted by molar-refractivity contribution is 6.31. The first-order chi connectivity index (χ1) is 16.3. The van der Waals surface area contributed by atoms with Crippen molar-refractivity contribution in [1.82, 2.24) is 9.88 Å². The van der Waals surface area contributed by atoms with Gasteiger partial charge in [-0.05, 0) is 31.7 Å². The molecule has 0 spiro atoms. The number of likely N-dealkylation sites (N-methyl/N-ethyl adjacent to an activating group) is 1. The Morgan fingerprint density at radius 1 is 1.21 bits per heavy atom. The molecule has 34 heavy (non-hydrogen) atoms. The summed E-state index contributed by atoms with van der Waals surface area (Å²) >= 11 is 5.75. The summed E-state index contributed by atoms with van der Waals surface area (Å²) in [5.41, 5.74) is 7.21. The number of hydrogen-bond donors (Lipinski definition) is 2. The van der Waals surface area contributed by atoms with Crippen LogP contribution < -0.4 is 20.7 Å². The number of benzene rings is 2. The van der Waals surface area contributed by atoms with Crippen molar-refractivity contribution in [2.75, 3.05) is 49.5 Å². The second kappa shape index (κ2) is 9.99. The maximum atomic E-state index is 14.7. The van der Waals surface area contributed by atoms with Crippen LogP contribution >= 0.6 is 11.6 Å². The predicted molar refractivity (Wildman–Crippen MR) is 130 cm³/mol. The van der Waals surface area contributed by atoms with Gasteiger partial charge in [0.2, 0.25) is 0 Å². The number of nitrogens with zero attached hydrogens (tertiary/aromatic N) is 3. The van der Waals surface area contributed by atoms with Gasteiger partial charge >= 0.3 is 0 Å². The second-order valence-electron chi connectivity index (χ2n) is 7.95. The van der Waals surface area contributed by atoms with Crippen LogP contribution in [0.1, 0.15) is 24.2 Å². The summed E-state index contributed by atoms with van der Waals surface area (Å²) < 4.78 is 34.3. The lowest BCUT2D eigenvalue weighted by Crippen LogP contribution is -2.46. The zero-order chi connectivity index (χ0) is 24.4. The quantitative estimate of drug-likeness (QED) is 0.474. The molecule has 2 aromatic carbocycles. The third-order valence-corrected chi connectivity index (χ3v) is 6.32. The highest BCUT2D eigenvalue weighted by Crippen LogP contribution is 2.39. The van der Waals surface area contributed by atoms with Crippen molar-refractivity contribution in [1.29, 1.82) is 0 Å². The summed E-state index contributed by atoms with van der Waals surface area (Å²) in [4.78, 5) is 21.2. The van der Waals surface area contributed by atoms with Crippen molar-refractivity contribution in [3.8, 4) is 5.75 Å². The molecule has 7 nitrogen and oxygen atoms in total. The number of pyridine rings is 1. The average Bonchev–Trinajstić information content (AvgIpc) is 2.84.